The fourth-order valence-electron chi connectivity index (χ4n) is 4.65. The van der Waals surface area contributed by atoms with E-state index in [1.807, 2.05) is 0 Å². The summed E-state index contributed by atoms with van der Waals surface area (Å²) in [6.45, 7) is 8.59. The Hall–Kier alpha value is -2.40. The summed E-state index contributed by atoms with van der Waals surface area (Å²) in [5, 5.41) is 41.3. The molecule has 2 aliphatic rings. The lowest BCUT2D eigenvalue weighted by atomic mass is 9.97. The standard InChI is InChI=1S/C28H46O15/c1-13(2)8-19(33)39-22-18(11-30)38-27(24(37-16(7)32)23(22)41-26(36)15(5)6)43-28(12-31)25(21(35)17(10-29)42-28)40-20(34)9-14(3)4/h13-15,17-18,21-25,27,29-31,35H,8-12H2,1-7H3. The molecule has 9 unspecified atom stereocenters. The summed E-state index contributed by atoms with van der Waals surface area (Å²) in [4.78, 5) is 50.3. The largest absolute Gasteiger partial charge is 0.455 e. The molecule has 15 nitrogen and oxygen atoms in total. The lowest BCUT2D eigenvalue weighted by Crippen LogP contribution is -2.65. The molecule has 0 aromatic carbocycles. The van der Waals surface area contributed by atoms with Crippen LogP contribution < -0.4 is 0 Å². The first-order chi connectivity index (χ1) is 20.1. The van der Waals surface area contributed by atoms with E-state index in [0.717, 1.165) is 6.92 Å². The zero-order valence-corrected chi connectivity index (χ0v) is 25.7. The van der Waals surface area contributed by atoms with Crippen molar-refractivity contribution in [1.82, 2.24) is 0 Å². The smallest absolute Gasteiger partial charge is 0.308 e. The quantitative estimate of drug-likeness (QED) is 0.143. The van der Waals surface area contributed by atoms with Crippen LogP contribution in [0.4, 0.5) is 0 Å². The number of aliphatic hydroxyl groups is 4. The Kier molecular flexibility index (Phi) is 13.7. The van der Waals surface area contributed by atoms with Gasteiger partial charge in [0.2, 0.25) is 12.1 Å². The molecular weight excluding hydrogens is 576 g/mol. The number of carbonyl (C=O) groups is 4. The Morgan fingerprint density at radius 1 is 0.767 bits per heavy atom. The summed E-state index contributed by atoms with van der Waals surface area (Å²) in [5.41, 5.74) is 0. The monoisotopic (exact) mass is 622 g/mol. The average molecular weight is 623 g/mol. The van der Waals surface area contributed by atoms with E-state index in [4.69, 9.17) is 33.2 Å². The van der Waals surface area contributed by atoms with E-state index in [9.17, 15) is 39.6 Å². The summed E-state index contributed by atoms with van der Waals surface area (Å²) in [5.74, 6) is -6.41. The molecule has 2 saturated heterocycles. The maximum Gasteiger partial charge on any atom is 0.308 e. The van der Waals surface area contributed by atoms with Crippen molar-refractivity contribution in [2.24, 2.45) is 17.8 Å². The number of hydrogen-bond acceptors (Lipinski definition) is 15. The molecule has 15 heteroatoms. The molecule has 43 heavy (non-hydrogen) atoms. The van der Waals surface area contributed by atoms with Gasteiger partial charge in [-0.05, 0) is 11.8 Å². The van der Waals surface area contributed by atoms with Gasteiger partial charge in [-0.1, -0.05) is 41.5 Å². The lowest BCUT2D eigenvalue weighted by Gasteiger charge is -2.46. The van der Waals surface area contributed by atoms with Crippen LogP contribution in [0.25, 0.3) is 0 Å². The highest BCUT2D eigenvalue weighted by Gasteiger charge is 2.62. The second kappa shape index (κ2) is 16.1. The molecule has 2 heterocycles. The van der Waals surface area contributed by atoms with Crippen LogP contribution in [0.3, 0.4) is 0 Å². The second-order valence-electron chi connectivity index (χ2n) is 11.8. The Morgan fingerprint density at radius 3 is 1.79 bits per heavy atom. The van der Waals surface area contributed by atoms with Crippen molar-refractivity contribution in [3.8, 4) is 0 Å². The zero-order valence-electron chi connectivity index (χ0n) is 25.7. The van der Waals surface area contributed by atoms with E-state index < -0.39 is 104 Å². The third-order valence-electron chi connectivity index (χ3n) is 6.66. The number of esters is 4. The van der Waals surface area contributed by atoms with Gasteiger partial charge in [0.05, 0.1) is 19.1 Å². The minimum absolute atomic E-state index is 0.0248. The van der Waals surface area contributed by atoms with Gasteiger partial charge in [-0.3, -0.25) is 19.2 Å². The van der Waals surface area contributed by atoms with Crippen LogP contribution in [-0.4, -0.2) is 119 Å². The highest BCUT2D eigenvalue weighted by Crippen LogP contribution is 2.39. The maximum absolute atomic E-state index is 12.8. The minimum Gasteiger partial charge on any atom is -0.455 e. The van der Waals surface area contributed by atoms with Crippen molar-refractivity contribution in [2.75, 3.05) is 19.8 Å². The molecule has 0 aromatic heterocycles. The minimum atomic E-state index is -2.38. The van der Waals surface area contributed by atoms with Gasteiger partial charge in [0.25, 0.3) is 0 Å². The predicted octanol–water partition coefficient (Wildman–Crippen LogP) is -0.424. The van der Waals surface area contributed by atoms with Gasteiger partial charge in [-0.2, -0.15) is 0 Å². The second-order valence-corrected chi connectivity index (χ2v) is 11.8. The third-order valence-corrected chi connectivity index (χ3v) is 6.66. The van der Waals surface area contributed by atoms with Crippen LogP contribution in [0.15, 0.2) is 0 Å². The molecule has 0 saturated carbocycles. The van der Waals surface area contributed by atoms with Crippen molar-refractivity contribution in [3.63, 3.8) is 0 Å². The molecule has 2 rings (SSSR count). The van der Waals surface area contributed by atoms with Gasteiger partial charge >= 0.3 is 23.9 Å². The van der Waals surface area contributed by atoms with Gasteiger partial charge < -0.3 is 53.6 Å². The highest BCUT2D eigenvalue weighted by molar-refractivity contribution is 5.72. The average Bonchev–Trinajstić information content (AvgIpc) is 3.16. The van der Waals surface area contributed by atoms with Gasteiger partial charge in [-0.25, -0.2) is 0 Å². The van der Waals surface area contributed by atoms with Crippen LogP contribution in [-0.2, 0) is 52.3 Å². The molecule has 2 aliphatic heterocycles. The number of hydrogen-bond donors (Lipinski definition) is 4. The number of ether oxygens (including phenoxy) is 7. The molecule has 2 fully saturated rings. The van der Waals surface area contributed by atoms with E-state index in [1.54, 1.807) is 41.5 Å². The fourth-order valence-corrected chi connectivity index (χ4v) is 4.65. The topological polar surface area (TPSA) is 214 Å². The molecule has 248 valence electrons. The lowest BCUT2D eigenvalue weighted by molar-refractivity contribution is -0.384. The Balaban J connectivity index is 2.57. The predicted molar refractivity (Wildman–Crippen MR) is 144 cm³/mol. The molecule has 9 atom stereocenters. The first-order valence-corrected chi connectivity index (χ1v) is 14.4. The van der Waals surface area contributed by atoms with Crippen molar-refractivity contribution in [3.05, 3.63) is 0 Å². The fraction of sp³-hybridized carbons (Fsp3) is 0.857. The summed E-state index contributed by atoms with van der Waals surface area (Å²) in [7, 11) is 0. The first kappa shape index (κ1) is 36.8. The molecule has 0 aliphatic carbocycles. The molecule has 0 spiro atoms. The van der Waals surface area contributed by atoms with Crippen LogP contribution in [0.1, 0.15) is 61.3 Å². The summed E-state index contributed by atoms with van der Waals surface area (Å²) >= 11 is 0. The normalized spacial score (nSPS) is 32.6. The van der Waals surface area contributed by atoms with Crippen LogP contribution in [0.5, 0.6) is 0 Å². The van der Waals surface area contributed by atoms with E-state index in [2.05, 4.69) is 0 Å². The van der Waals surface area contributed by atoms with Crippen molar-refractivity contribution >= 4 is 23.9 Å². The van der Waals surface area contributed by atoms with Crippen LogP contribution in [0, 0.1) is 17.8 Å². The highest BCUT2D eigenvalue weighted by atomic mass is 16.8. The van der Waals surface area contributed by atoms with Gasteiger partial charge in [0.1, 0.15) is 24.9 Å². The third kappa shape index (κ3) is 9.54. The Labute approximate surface area is 250 Å². The molecule has 0 radical (unpaired) electrons. The Morgan fingerprint density at radius 2 is 1.33 bits per heavy atom. The molecule has 0 bridgehead atoms. The molecule has 4 N–H and O–H groups in total. The summed E-state index contributed by atoms with van der Waals surface area (Å²) < 4.78 is 39.6. The van der Waals surface area contributed by atoms with Gasteiger partial charge in [-0.15, -0.1) is 0 Å². The molecule has 0 aromatic rings. The van der Waals surface area contributed by atoms with Gasteiger partial charge in [0.15, 0.2) is 24.4 Å². The van der Waals surface area contributed by atoms with Gasteiger partial charge in [0, 0.05) is 19.8 Å². The molecular formula is C28H46O15. The van der Waals surface area contributed by atoms with Crippen LogP contribution in [0.2, 0.25) is 0 Å². The SMILES string of the molecule is CC(=O)OC1C(OC2(CO)OC(CO)C(O)C2OC(=O)CC(C)C)OC(CO)C(OC(=O)CC(C)C)C1OC(=O)C(C)C. The first-order valence-electron chi connectivity index (χ1n) is 14.4. The Bertz CT molecular complexity index is 952. The number of rotatable bonds is 14. The summed E-state index contributed by atoms with van der Waals surface area (Å²) in [6, 6.07) is 0. The summed E-state index contributed by atoms with van der Waals surface area (Å²) in [6.07, 6.45) is -12.8. The zero-order chi connectivity index (χ0) is 32.6. The van der Waals surface area contributed by atoms with Crippen molar-refractivity contribution < 1.29 is 72.8 Å². The van der Waals surface area contributed by atoms with Crippen LogP contribution >= 0.6 is 0 Å². The number of carbonyl (C=O) groups excluding carboxylic acids is 4. The molecule has 0 amide bonds. The maximum atomic E-state index is 12.8. The van der Waals surface area contributed by atoms with E-state index >= 15 is 0 Å². The number of aliphatic hydroxyl groups excluding tert-OH is 4. The van der Waals surface area contributed by atoms with E-state index in [0.29, 0.717) is 0 Å². The van der Waals surface area contributed by atoms with Crippen molar-refractivity contribution in [2.45, 2.75) is 116 Å². The van der Waals surface area contributed by atoms with E-state index in [-0.39, 0.29) is 24.7 Å². The van der Waals surface area contributed by atoms with Crippen molar-refractivity contribution in [1.29, 1.82) is 0 Å². The van der Waals surface area contributed by atoms with E-state index in [1.165, 1.54) is 0 Å².